The first-order chi connectivity index (χ1) is 6.13. The number of benzene rings is 1. The molecule has 2 N–H and O–H groups in total. The summed E-state index contributed by atoms with van der Waals surface area (Å²) in [6.45, 7) is 0. The van der Waals surface area contributed by atoms with Crippen molar-refractivity contribution in [1.82, 2.24) is 0 Å². The predicted octanol–water partition coefficient (Wildman–Crippen LogP) is -0.0432. The molecule has 1 aromatic rings. The second kappa shape index (κ2) is 4.05. The molecular weight excluding hydrogens is 166 g/mol. The minimum atomic E-state index is -0.786. The van der Waals surface area contributed by atoms with Crippen molar-refractivity contribution in [2.24, 2.45) is 0 Å². The summed E-state index contributed by atoms with van der Waals surface area (Å²) in [5, 5.41) is 8.98. The number of quaternary nitrogens is 1. The van der Waals surface area contributed by atoms with Crippen LogP contribution < -0.4 is 4.90 Å². The Hall–Kier alpha value is -1.35. The molecule has 0 spiro atoms. The third-order valence-corrected chi connectivity index (χ3v) is 1.96. The molecule has 0 aromatic heterocycles. The molecule has 0 saturated carbocycles. The summed E-state index contributed by atoms with van der Waals surface area (Å²) < 4.78 is 0. The quantitative estimate of drug-likeness (QED) is 0.685. The van der Waals surface area contributed by atoms with Gasteiger partial charge in [-0.15, -0.1) is 0 Å². The Morgan fingerprint density at radius 2 is 1.85 bits per heavy atom. The molecule has 0 aliphatic rings. The van der Waals surface area contributed by atoms with E-state index in [2.05, 4.69) is 0 Å². The Bertz CT molecular complexity index is 282. The number of carbonyl (C=O) groups is 1. The normalized spacial score (nSPS) is 12.8. The lowest BCUT2D eigenvalue weighted by Gasteiger charge is -2.16. The molecule has 13 heavy (non-hydrogen) atoms. The van der Waals surface area contributed by atoms with E-state index in [-0.39, 0.29) is 0 Å². The van der Waals surface area contributed by atoms with Gasteiger partial charge in [-0.3, -0.25) is 0 Å². The average Bonchev–Trinajstić information content (AvgIpc) is 2.04. The summed E-state index contributed by atoms with van der Waals surface area (Å²) in [5.74, 6) is -0.786. The van der Waals surface area contributed by atoms with Gasteiger partial charge in [0.2, 0.25) is 6.04 Å². The van der Waals surface area contributed by atoms with Gasteiger partial charge in [-0.1, -0.05) is 30.3 Å². The molecule has 1 unspecified atom stereocenters. The first kappa shape index (κ1) is 9.74. The summed E-state index contributed by atoms with van der Waals surface area (Å²) >= 11 is 0. The molecule has 3 nitrogen and oxygen atoms in total. The van der Waals surface area contributed by atoms with E-state index in [9.17, 15) is 4.79 Å². The Morgan fingerprint density at radius 1 is 1.31 bits per heavy atom. The van der Waals surface area contributed by atoms with Crippen LogP contribution in [0.1, 0.15) is 11.6 Å². The van der Waals surface area contributed by atoms with Gasteiger partial charge in [-0.25, -0.2) is 4.79 Å². The number of carboxylic acid groups (broad SMARTS) is 1. The van der Waals surface area contributed by atoms with Crippen molar-refractivity contribution >= 4 is 5.97 Å². The topological polar surface area (TPSA) is 41.7 Å². The van der Waals surface area contributed by atoms with Crippen LogP contribution in [0.5, 0.6) is 0 Å². The molecule has 0 saturated heterocycles. The molecule has 1 aromatic carbocycles. The molecule has 0 amide bonds. The minimum Gasteiger partial charge on any atom is -0.477 e. The number of aliphatic carboxylic acids is 1. The van der Waals surface area contributed by atoms with Gasteiger partial charge >= 0.3 is 5.97 Å². The number of hydrogen-bond acceptors (Lipinski definition) is 1. The monoisotopic (exact) mass is 180 g/mol. The first-order valence-electron chi connectivity index (χ1n) is 4.20. The number of nitrogens with one attached hydrogen (secondary N) is 1. The van der Waals surface area contributed by atoms with Crippen LogP contribution in [0.2, 0.25) is 0 Å². The second-order valence-corrected chi connectivity index (χ2v) is 3.26. The van der Waals surface area contributed by atoms with Gasteiger partial charge < -0.3 is 10.0 Å². The molecule has 0 aliphatic heterocycles. The molecule has 3 heteroatoms. The highest BCUT2D eigenvalue weighted by Crippen LogP contribution is 2.08. The van der Waals surface area contributed by atoms with Crippen LogP contribution in [0.4, 0.5) is 0 Å². The van der Waals surface area contributed by atoms with E-state index in [0.717, 1.165) is 10.5 Å². The van der Waals surface area contributed by atoms with E-state index in [4.69, 9.17) is 5.11 Å². The highest BCUT2D eigenvalue weighted by molar-refractivity contribution is 5.73. The molecule has 0 aliphatic carbocycles. The summed E-state index contributed by atoms with van der Waals surface area (Å²) in [4.78, 5) is 11.8. The fourth-order valence-corrected chi connectivity index (χ4v) is 1.37. The van der Waals surface area contributed by atoms with E-state index in [0.29, 0.717) is 0 Å². The SMILES string of the molecule is C[NH+](C)C(C(=O)O)c1ccccc1. The Morgan fingerprint density at radius 3 is 2.23 bits per heavy atom. The molecule has 1 rings (SSSR count). The average molecular weight is 180 g/mol. The van der Waals surface area contributed by atoms with Crippen molar-refractivity contribution in [2.45, 2.75) is 6.04 Å². The zero-order valence-corrected chi connectivity index (χ0v) is 7.82. The van der Waals surface area contributed by atoms with Crippen molar-refractivity contribution in [3.8, 4) is 0 Å². The minimum absolute atomic E-state index is 0.471. The van der Waals surface area contributed by atoms with E-state index in [1.54, 1.807) is 0 Å². The van der Waals surface area contributed by atoms with Crippen LogP contribution in [0, 0.1) is 0 Å². The van der Waals surface area contributed by atoms with E-state index in [1.165, 1.54) is 0 Å². The lowest BCUT2D eigenvalue weighted by Crippen LogP contribution is -3.07. The zero-order chi connectivity index (χ0) is 9.84. The standard InChI is InChI=1S/C10H13NO2/c1-11(2)9(10(12)13)8-6-4-3-5-7-8/h3-7,9H,1-2H3,(H,12,13)/p+1. The number of likely N-dealkylation sites (N-methyl/N-ethyl adjacent to an activating group) is 1. The van der Waals surface area contributed by atoms with Crippen LogP contribution in [-0.2, 0) is 4.79 Å². The highest BCUT2D eigenvalue weighted by Gasteiger charge is 2.25. The van der Waals surface area contributed by atoms with E-state index in [1.807, 2.05) is 44.4 Å². The molecule has 0 heterocycles. The van der Waals surface area contributed by atoms with Crippen LogP contribution in [0.3, 0.4) is 0 Å². The maximum Gasteiger partial charge on any atom is 0.367 e. The van der Waals surface area contributed by atoms with E-state index < -0.39 is 12.0 Å². The molecule has 1 atom stereocenters. The van der Waals surface area contributed by atoms with Crippen molar-refractivity contribution in [3.63, 3.8) is 0 Å². The summed E-state index contributed by atoms with van der Waals surface area (Å²) in [6, 6.07) is 8.80. The smallest absolute Gasteiger partial charge is 0.367 e. The third-order valence-electron chi connectivity index (χ3n) is 1.96. The molecule has 0 radical (unpaired) electrons. The number of hydrogen-bond donors (Lipinski definition) is 2. The van der Waals surface area contributed by atoms with Gasteiger partial charge in [-0.2, -0.15) is 0 Å². The fourth-order valence-electron chi connectivity index (χ4n) is 1.37. The Labute approximate surface area is 77.6 Å². The lowest BCUT2D eigenvalue weighted by atomic mass is 10.1. The lowest BCUT2D eigenvalue weighted by molar-refractivity contribution is -0.882. The van der Waals surface area contributed by atoms with Crippen molar-refractivity contribution in [3.05, 3.63) is 35.9 Å². The maximum atomic E-state index is 10.9. The van der Waals surface area contributed by atoms with Crippen molar-refractivity contribution in [1.29, 1.82) is 0 Å². The van der Waals surface area contributed by atoms with Gasteiger partial charge in [0.05, 0.1) is 14.1 Å². The highest BCUT2D eigenvalue weighted by atomic mass is 16.4. The van der Waals surface area contributed by atoms with Crippen molar-refractivity contribution < 1.29 is 14.8 Å². The number of carboxylic acids is 1. The van der Waals surface area contributed by atoms with Crippen LogP contribution in [0.25, 0.3) is 0 Å². The van der Waals surface area contributed by atoms with Crippen LogP contribution in [-0.4, -0.2) is 25.2 Å². The van der Waals surface area contributed by atoms with Crippen LogP contribution in [0.15, 0.2) is 30.3 Å². The fraction of sp³-hybridized carbons (Fsp3) is 0.300. The largest absolute Gasteiger partial charge is 0.477 e. The first-order valence-corrected chi connectivity index (χ1v) is 4.20. The van der Waals surface area contributed by atoms with Gasteiger partial charge in [0.15, 0.2) is 0 Å². The second-order valence-electron chi connectivity index (χ2n) is 3.26. The van der Waals surface area contributed by atoms with Crippen molar-refractivity contribution in [2.75, 3.05) is 14.1 Å². The summed E-state index contributed by atoms with van der Waals surface area (Å²) in [5.41, 5.74) is 0.843. The molecule has 0 fully saturated rings. The zero-order valence-electron chi connectivity index (χ0n) is 7.82. The molecule has 0 bridgehead atoms. The van der Waals surface area contributed by atoms with Gasteiger partial charge in [-0.05, 0) is 0 Å². The summed E-state index contributed by atoms with van der Waals surface area (Å²) in [7, 11) is 3.68. The summed E-state index contributed by atoms with van der Waals surface area (Å²) in [6.07, 6.45) is 0. The molecular formula is C10H14NO2+. The van der Waals surface area contributed by atoms with E-state index >= 15 is 0 Å². The predicted molar refractivity (Wildman–Crippen MR) is 49.6 cm³/mol. The van der Waals surface area contributed by atoms with Crippen LogP contribution >= 0.6 is 0 Å². The van der Waals surface area contributed by atoms with Gasteiger partial charge in [0.1, 0.15) is 0 Å². The van der Waals surface area contributed by atoms with Gasteiger partial charge in [0.25, 0.3) is 0 Å². The maximum absolute atomic E-state index is 10.9. The third kappa shape index (κ3) is 2.29. The Balaban J connectivity index is 2.96. The Kier molecular flexibility index (Phi) is 3.03. The van der Waals surface area contributed by atoms with Gasteiger partial charge in [0, 0.05) is 5.56 Å². The molecule has 70 valence electrons. The number of rotatable bonds is 3.